The SMILES string of the molecule is CCOc1cc(/C=C(\C#N)C(=O)Nc2cccc(C(F)(F)F)c2)cc(Cl)c1OCc1cccc(Cl)c1. The van der Waals surface area contributed by atoms with Crippen molar-refractivity contribution in [2.75, 3.05) is 11.9 Å². The third kappa shape index (κ3) is 7.17. The fraction of sp³-hybridized carbons (Fsp3) is 0.154. The normalized spacial score (nSPS) is 11.5. The second-order valence-electron chi connectivity index (χ2n) is 7.38. The van der Waals surface area contributed by atoms with Gasteiger partial charge in [0.05, 0.1) is 17.2 Å². The maximum Gasteiger partial charge on any atom is 0.416 e. The molecular formula is C26H19Cl2F3N2O3. The summed E-state index contributed by atoms with van der Waals surface area (Å²) in [6.07, 6.45) is -3.32. The van der Waals surface area contributed by atoms with Crippen LogP contribution in [0.15, 0.2) is 66.2 Å². The van der Waals surface area contributed by atoms with Gasteiger partial charge in [-0.15, -0.1) is 0 Å². The molecule has 0 radical (unpaired) electrons. The van der Waals surface area contributed by atoms with Crippen LogP contribution in [0.2, 0.25) is 10.0 Å². The molecule has 3 aromatic rings. The van der Waals surface area contributed by atoms with E-state index in [1.165, 1.54) is 24.3 Å². The molecule has 0 fully saturated rings. The summed E-state index contributed by atoms with van der Waals surface area (Å²) < 4.78 is 50.3. The number of nitrogens with zero attached hydrogens (tertiary/aromatic N) is 1. The van der Waals surface area contributed by atoms with Gasteiger partial charge in [-0.05, 0) is 66.6 Å². The zero-order chi connectivity index (χ0) is 26.3. The van der Waals surface area contributed by atoms with E-state index in [9.17, 15) is 23.2 Å². The number of hydrogen-bond donors (Lipinski definition) is 1. The predicted molar refractivity (Wildman–Crippen MR) is 132 cm³/mol. The van der Waals surface area contributed by atoms with Crippen molar-refractivity contribution < 1.29 is 27.4 Å². The maximum atomic E-state index is 12.9. The van der Waals surface area contributed by atoms with E-state index in [1.807, 2.05) is 6.07 Å². The Hall–Kier alpha value is -3.67. The van der Waals surface area contributed by atoms with E-state index in [1.54, 1.807) is 31.2 Å². The van der Waals surface area contributed by atoms with Crippen LogP contribution in [-0.4, -0.2) is 12.5 Å². The van der Waals surface area contributed by atoms with Crippen LogP contribution >= 0.6 is 23.2 Å². The van der Waals surface area contributed by atoms with Crippen LogP contribution in [0.4, 0.5) is 18.9 Å². The zero-order valence-electron chi connectivity index (χ0n) is 18.8. The molecule has 1 amide bonds. The van der Waals surface area contributed by atoms with Crippen molar-refractivity contribution in [3.8, 4) is 17.6 Å². The van der Waals surface area contributed by atoms with Crippen molar-refractivity contribution in [3.63, 3.8) is 0 Å². The topological polar surface area (TPSA) is 71.3 Å². The number of benzene rings is 3. The van der Waals surface area contributed by atoms with Crippen molar-refractivity contribution in [1.29, 1.82) is 5.26 Å². The fourth-order valence-corrected chi connectivity index (χ4v) is 3.63. The van der Waals surface area contributed by atoms with Crippen molar-refractivity contribution in [1.82, 2.24) is 0 Å². The molecule has 1 N–H and O–H groups in total. The van der Waals surface area contributed by atoms with Gasteiger partial charge in [-0.1, -0.05) is 41.4 Å². The van der Waals surface area contributed by atoms with Crippen LogP contribution < -0.4 is 14.8 Å². The van der Waals surface area contributed by atoms with Gasteiger partial charge < -0.3 is 14.8 Å². The molecular weight excluding hydrogens is 516 g/mol. The first-order valence-corrected chi connectivity index (χ1v) is 11.3. The van der Waals surface area contributed by atoms with Gasteiger partial charge in [0.2, 0.25) is 0 Å². The molecule has 0 aliphatic heterocycles. The number of hydrogen-bond acceptors (Lipinski definition) is 4. The summed E-state index contributed by atoms with van der Waals surface area (Å²) >= 11 is 12.4. The molecule has 0 heterocycles. The molecule has 0 aliphatic rings. The number of anilines is 1. The number of carbonyl (C=O) groups excluding carboxylic acids is 1. The Morgan fingerprint density at radius 3 is 2.50 bits per heavy atom. The Bertz CT molecular complexity index is 1330. The summed E-state index contributed by atoms with van der Waals surface area (Å²) in [7, 11) is 0. The molecule has 0 atom stereocenters. The second-order valence-corrected chi connectivity index (χ2v) is 8.23. The van der Waals surface area contributed by atoms with E-state index in [-0.39, 0.29) is 41.0 Å². The van der Waals surface area contributed by atoms with Gasteiger partial charge in [0.1, 0.15) is 18.2 Å². The van der Waals surface area contributed by atoms with Crippen LogP contribution in [0.25, 0.3) is 6.08 Å². The molecule has 0 saturated heterocycles. The Balaban J connectivity index is 1.84. The van der Waals surface area contributed by atoms with Gasteiger partial charge in [-0.2, -0.15) is 18.4 Å². The average molecular weight is 535 g/mol. The molecule has 0 aliphatic carbocycles. The Morgan fingerprint density at radius 1 is 1.08 bits per heavy atom. The zero-order valence-corrected chi connectivity index (χ0v) is 20.3. The van der Waals surface area contributed by atoms with Crippen molar-refractivity contribution in [3.05, 3.63) is 93.0 Å². The highest BCUT2D eigenvalue weighted by molar-refractivity contribution is 6.32. The summed E-state index contributed by atoms with van der Waals surface area (Å²) in [6, 6.07) is 16.0. The van der Waals surface area contributed by atoms with Gasteiger partial charge in [-0.25, -0.2) is 0 Å². The van der Waals surface area contributed by atoms with Gasteiger partial charge in [0.25, 0.3) is 5.91 Å². The lowest BCUT2D eigenvalue weighted by Crippen LogP contribution is -2.14. The van der Waals surface area contributed by atoms with Crippen LogP contribution in [0.1, 0.15) is 23.6 Å². The second kappa shape index (κ2) is 11.8. The molecule has 0 saturated carbocycles. The first-order chi connectivity index (χ1) is 17.1. The van der Waals surface area contributed by atoms with Crippen molar-refractivity contribution in [2.24, 2.45) is 0 Å². The van der Waals surface area contributed by atoms with Crippen molar-refractivity contribution in [2.45, 2.75) is 19.7 Å². The predicted octanol–water partition coefficient (Wildman–Crippen LogP) is 7.54. The number of ether oxygens (including phenoxy) is 2. The molecule has 36 heavy (non-hydrogen) atoms. The molecule has 0 spiro atoms. The highest BCUT2D eigenvalue weighted by atomic mass is 35.5. The summed E-state index contributed by atoms with van der Waals surface area (Å²) in [5.41, 5.74) is -0.214. The first-order valence-electron chi connectivity index (χ1n) is 10.5. The highest BCUT2D eigenvalue weighted by Gasteiger charge is 2.30. The van der Waals surface area contributed by atoms with Gasteiger partial charge in [0, 0.05) is 10.7 Å². The van der Waals surface area contributed by atoms with Gasteiger partial charge in [0.15, 0.2) is 11.5 Å². The minimum Gasteiger partial charge on any atom is -0.490 e. The van der Waals surface area contributed by atoms with Crippen LogP contribution in [-0.2, 0) is 17.6 Å². The molecule has 10 heteroatoms. The van der Waals surface area contributed by atoms with E-state index in [0.717, 1.165) is 23.8 Å². The van der Waals surface area contributed by atoms with E-state index in [0.29, 0.717) is 10.6 Å². The monoisotopic (exact) mass is 534 g/mol. The third-order valence-electron chi connectivity index (χ3n) is 4.73. The number of amides is 1. The number of alkyl halides is 3. The lowest BCUT2D eigenvalue weighted by molar-refractivity contribution is -0.137. The summed E-state index contributed by atoms with van der Waals surface area (Å²) in [5, 5.41) is 12.5. The third-order valence-corrected chi connectivity index (χ3v) is 5.24. The Labute approximate surface area is 215 Å². The summed E-state index contributed by atoms with van der Waals surface area (Å²) in [4.78, 5) is 12.6. The molecule has 0 unspecified atom stereocenters. The molecule has 0 aromatic heterocycles. The van der Waals surface area contributed by atoms with E-state index in [4.69, 9.17) is 32.7 Å². The smallest absolute Gasteiger partial charge is 0.416 e. The quantitative estimate of drug-likeness (QED) is 0.239. The summed E-state index contributed by atoms with van der Waals surface area (Å²) in [5.74, 6) is -0.330. The van der Waals surface area contributed by atoms with E-state index in [2.05, 4.69) is 5.32 Å². The van der Waals surface area contributed by atoms with E-state index >= 15 is 0 Å². The van der Waals surface area contributed by atoms with Crippen LogP contribution in [0.3, 0.4) is 0 Å². The van der Waals surface area contributed by atoms with Crippen LogP contribution in [0.5, 0.6) is 11.5 Å². The number of rotatable bonds is 8. The van der Waals surface area contributed by atoms with E-state index < -0.39 is 17.6 Å². The minimum atomic E-state index is -4.57. The fourth-order valence-electron chi connectivity index (χ4n) is 3.14. The molecule has 3 rings (SSSR count). The highest BCUT2D eigenvalue weighted by Crippen LogP contribution is 2.38. The molecule has 0 bridgehead atoms. The Morgan fingerprint density at radius 2 is 1.83 bits per heavy atom. The minimum absolute atomic E-state index is 0.103. The van der Waals surface area contributed by atoms with Gasteiger partial charge >= 0.3 is 6.18 Å². The number of carbonyl (C=O) groups is 1. The average Bonchev–Trinajstić information content (AvgIpc) is 2.82. The summed E-state index contributed by atoms with van der Waals surface area (Å²) in [6.45, 7) is 2.22. The largest absolute Gasteiger partial charge is 0.490 e. The Kier molecular flexibility index (Phi) is 8.86. The number of nitrogens with one attached hydrogen (secondary N) is 1. The lowest BCUT2D eigenvalue weighted by Gasteiger charge is -2.15. The molecule has 3 aromatic carbocycles. The first kappa shape index (κ1) is 26.9. The molecule has 5 nitrogen and oxygen atoms in total. The standard InChI is InChI=1S/C26H19Cl2F3N2O3/c1-2-35-23-12-17(11-22(28)24(23)36-15-16-5-3-7-20(27)10-16)9-18(14-32)25(34)33-21-8-4-6-19(13-21)26(29,30)31/h3-13H,2,15H2,1H3,(H,33,34)/b18-9+. The van der Waals surface area contributed by atoms with Gasteiger partial charge in [-0.3, -0.25) is 4.79 Å². The number of halogens is 5. The number of nitriles is 1. The lowest BCUT2D eigenvalue weighted by atomic mass is 10.1. The maximum absolute atomic E-state index is 12.9. The van der Waals surface area contributed by atoms with Crippen LogP contribution in [0, 0.1) is 11.3 Å². The van der Waals surface area contributed by atoms with Crippen molar-refractivity contribution >= 4 is 40.9 Å². The molecule has 186 valence electrons.